The molecule has 0 aliphatic carbocycles. The van der Waals surface area contributed by atoms with Gasteiger partial charge in [-0.05, 0) is 38.5 Å². The molecule has 1 N–H and O–H groups in total. The monoisotopic (exact) mass is 273 g/mol. The molecule has 1 aromatic carbocycles. The molecule has 0 fully saturated rings. The Balaban J connectivity index is 2.93. The molecule has 108 valence electrons. The fraction of sp³-hybridized carbons (Fsp3) is 0.471. The summed E-state index contributed by atoms with van der Waals surface area (Å²) in [7, 11) is 0. The highest BCUT2D eigenvalue weighted by Gasteiger charge is 2.18. The number of carbonyl (C=O) groups excluding carboxylic acids is 1. The lowest BCUT2D eigenvalue weighted by atomic mass is 10.1. The number of aliphatic hydroxyl groups is 1. The summed E-state index contributed by atoms with van der Waals surface area (Å²) >= 11 is 0. The van der Waals surface area contributed by atoms with Gasteiger partial charge in [-0.2, -0.15) is 0 Å². The molecule has 0 aliphatic rings. The molecule has 0 saturated heterocycles. The summed E-state index contributed by atoms with van der Waals surface area (Å²) in [6.45, 7) is 6.90. The smallest absolute Gasteiger partial charge is 0.254 e. The SMILES string of the molecule is CCC(C)N(CC)C(=O)c1cccc(C#CCCO)c1. The van der Waals surface area contributed by atoms with Crippen LogP contribution in [-0.4, -0.2) is 35.1 Å². The van der Waals surface area contributed by atoms with Gasteiger partial charge in [0, 0.05) is 30.1 Å². The highest BCUT2D eigenvalue weighted by Crippen LogP contribution is 2.12. The van der Waals surface area contributed by atoms with E-state index < -0.39 is 0 Å². The van der Waals surface area contributed by atoms with Crippen molar-refractivity contribution in [2.24, 2.45) is 0 Å². The predicted octanol–water partition coefficient (Wildman–Crippen LogP) is 2.68. The Morgan fingerprint density at radius 1 is 1.40 bits per heavy atom. The molecule has 1 rings (SSSR count). The Kier molecular flexibility index (Phi) is 6.83. The number of nitrogens with zero attached hydrogens (tertiary/aromatic N) is 1. The van der Waals surface area contributed by atoms with Gasteiger partial charge in [0.05, 0.1) is 6.61 Å². The van der Waals surface area contributed by atoms with Gasteiger partial charge in [-0.3, -0.25) is 4.79 Å². The standard InChI is InChI=1S/C17H23NO2/c1-4-14(3)18(5-2)17(20)16-11-8-10-15(13-16)9-6-7-12-19/h8,10-11,13-14,19H,4-5,7,12H2,1-3H3. The van der Waals surface area contributed by atoms with Crippen molar-refractivity contribution < 1.29 is 9.90 Å². The molecule has 3 heteroatoms. The van der Waals surface area contributed by atoms with Crippen molar-refractivity contribution in [3.8, 4) is 11.8 Å². The minimum atomic E-state index is 0.0488. The molecular formula is C17H23NO2. The summed E-state index contributed by atoms with van der Waals surface area (Å²) in [6, 6.07) is 7.60. The number of benzene rings is 1. The summed E-state index contributed by atoms with van der Waals surface area (Å²) in [5.41, 5.74) is 1.48. The van der Waals surface area contributed by atoms with Crippen molar-refractivity contribution in [1.29, 1.82) is 0 Å². The van der Waals surface area contributed by atoms with E-state index in [0.717, 1.165) is 12.0 Å². The van der Waals surface area contributed by atoms with Crippen molar-refractivity contribution in [3.63, 3.8) is 0 Å². The van der Waals surface area contributed by atoms with E-state index in [2.05, 4.69) is 25.7 Å². The number of amides is 1. The molecule has 0 aliphatic heterocycles. The minimum Gasteiger partial charge on any atom is -0.395 e. The Labute approximate surface area is 121 Å². The zero-order valence-corrected chi connectivity index (χ0v) is 12.5. The van der Waals surface area contributed by atoms with Crippen LogP contribution in [0.5, 0.6) is 0 Å². The normalized spacial score (nSPS) is 11.4. The summed E-state index contributed by atoms with van der Waals surface area (Å²) in [4.78, 5) is 14.4. The molecule has 1 atom stereocenters. The fourth-order valence-electron chi connectivity index (χ4n) is 1.99. The van der Waals surface area contributed by atoms with Gasteiger partial charge in [-0.15, -0.1) is 0 Å². The lowest BCUT2D eigenvalue weighted by Crippen LogP contribution is -2.38. The number of rotatable bonds is 5. The first-order chi connectivity index (χ1) is 9.63. The van der Waals surface area contributed by atoms with Gasteiger partial charge in [0.1, 0.15) is 0 Å². The molecule has 0 spiro atoms. The minimum absolute atomic E-state index is 0.0488. The summed E-state index contributed by atoms with van der Waals surface area (Å²) in [6.07, 6.45) is 1.39. The molecule has 0 radical (unpaired) electrons. The molecule has 1 aromatic rings. The van der Waals surface area contributed by atoms with Gasteiger partial charge in [-0.1, -0.05) is 24.8 Å². The number of hydrogen-bond donors (Lipinski definition) is 1. The van der Waals surface area contributed by atoms with E-state index in [1.807, 2.05) is 36.1 Å². The Bertz CT molecular complexity index is 499. The maximum Gasteiger partial charge on any atom is 0.254 e. The summed E-state index contributed by atoms with van der Waals surface area (Å²) in [5, 5.41) is 8.72. The van der Waals surface area contributed by atoms with Gasteiger partial charge in [0.15, 0.2) is 0 Å². The van der Waals surface area contributed by atoms with Crippen molar-refractivity contribution in [2.75, 3.05) is 13.2 Å². The Hall–Kier alpha value is -1.79. The van der Waals surface area contributed by atoms with Gasteiger partial charge < -0.3 is 10.0 Å². The van der Waals surface area contributed by atoms with Crippen LogP contribution in [0.1, 0.15) is 49.5 Å². The van der Waals surface area contributed by atoms with E-state index in [0.29, 0.717) is 18.5 Å². The third-order valence-electron chi connectivity index (χ3n) is 3.30. The highest BCUT2D eigenvalue weighted by molar-refractivity contribution is 5.94. The molecule has 0 saturated carbocycles. The second kappa shape index (κ2) is 8.39. The molecule has 0 bridgehead atoms. The van der Waals surface area contributed by atoms with Crippen molar-refractivity contribution >= 4 is 5.91 Å². The molecule has 20 heavy (non-hydrogen) atoms. The third-order valence-corrected chi connectivity index (χ3v) is 3.30. The number of carbonyl (C=O) groups is 1. The first-order valence-corrected chi connectivity index (χ1v) is 7.14. The van der Waals surface area contributed by atoms with Crippen LogP contribution in [0.25, 0.3) is 0 Å². The van der Waals surface area contributed by atoms with E-state index in [4.69, 9.17) is 5.11 Å². The predicted molar refractivity (Wildman–Crippen MR) is 81.5 cm³/mol. The Morgan fingerprint density at radius 3 is 2.75 bits per heavy atom. The first kappa shape index (κ1) is 16.3. The van der Waals surface area contributed by atoms with Crippen LogP contribution in [-0.2, 0) is 0 Å². The van der Waals surface area contributed by atoms with Crippen LogP contribution in [0.3, 0.4) is 0 Å². The second-order valence-corrected chi connectivity index (χ2v) is 4.70. The molecule has 1 amide bonds. The Morgan fingerprint density at radius 2 is 2.15 bits per heavy atom. The quantitative estimate of drug-likeness (QED) is 0.838. The average molecular weight is 273 g/mol. The van der Waals surface area contributed by atoms with E-state index in [-0.39, 0.29) is 18.6 Å². The van der Waals surface area contributed by atoms with Gasteiger partial charge in [-0.25, -0.2) is 0 Å². The molecular weight excluding hydrogens is 250 g/mol. The van der Waals surface area contributed by atoms with Gasteiger partial charge in [0.2, 0.25) is 0 Å². The van der Waals surface area contributed by atoms with Crippen LogP contribution >= 0.6 is 0 Å². The van der Waals surface area contributed by atoms with E-state index in [9.17, 15) is 4.79 Å². The first-order valence-electron chi connectivity index (χ1n) is 7.14. The molecule has 3 nitrogen and oxygen atoms in total. The van der Waals surface area contributed by atoms with E-state index in [1.54, 1.807) is 0 Å². The van der Waals surface area contributed by atoms with Crippen molar-refractivity contribution in [3.05, 3.63) is 35.4 Å². The zero-order valence-electron chi connectivity index (χ0n) is 12.5. The van der Waals surface area contributed by atoms with Gasteiger partial charge in [0.25, 0.3) is 5.91 Å². The molecule has 0 heterocycles. The second-order valence-electron chi connectivity index (χ2n) is 4.70. The maximum atomic E-state index is 12.5. The van der Waals surface area contributed by atoms with Gasteiger partial charge >= 0.3 is 0 Å². The topological polar surface area (TPSA) is 40.5 Å². The van der Waals surface area contributed by atoms with Crippen molar-refractivity contribution in [1.82, 2.24) is 4.90 Å². The van der Waals surface area contributed by atoms with Crippen LogP contribution in [0.4, 0.5) is 0 Å². The third kappa shape index (κ3) is 4.40. The summed E-state index contributed by atoms with van der Waals surface area (Å²) < 4.78 is 0. The van der Waals surface area contributed by atoms with Crippen LogP contribution in [0.15, 0.2) is 24.3 Å². The van der Waals surface area contributed by atoms with Crippen LogP contribution < -0.4 is 0 Å². The molecule has 1 unspecified atom stereocenters. The van der Waals surface area contributed by atoms with Crippen molar-refractivity contribution in [2.45, 2.75) is 39.7 Å². The number of hydrogen-bond acceptors (Lipinski definition) is 2. The summed E-state index contributed by atoms with van der Waals surface area (Å²) in [5.74, 6) is 5.88. The zero-order chi connectivity index (χ0) is 15.0. The van der Waals surface area contributed by atoms with Crippen LogP contribution in [0, 0.1) is 11.8 Å². The van der Waals surface area contributed by atoms with E-state index in [1.165, 1.54) is 0 Å². The maximum absolute atomic E-state index is 12.5. The fourth-order valence-corrected chi connectivity index (χ4v) is 1.99. The number of aliphatic hydroxyl groups excluding tert-OH is 1. The van der Waals surface area contributed by atoms with E-state index >= 15 is 0 Å². The molecule has 0 aromatic heterocycles. The lowest BCUT2D eigenvalue weighted by molar-refractivity contribution is 0.0700. The highest BCUT2D eigenvalue weighted by atomic mass is 16.2. The largest absolute Gasteiger partial charge is 0.395 e. The lowest BCUT2D eigenvalue weighted by Gasteiger charge is -2.27. The average Bonchev–Trinajstić information content (AvgIpc) is 2.48. The van der Waals surface area contributed by atoms with Crippen LogP contribution in [0.2, 0.25) is 0 Å².